The summed E-state index contributed by atoms with van der Waals surface area (Å²) >= 11 is 3.45. The average molecular weight is 298 g/mol. The number of aryl methyl sites for hydroxylation is 1. The first-order valence-corrected chi connectivity index (χ1v) is 7.18. The van der Waals surface area contributed by atoms with Crippen LogP contribution in [0.4, 0.5) is 5.69 Å². The van der Waals surface area contributed by atoms with Crippen LogP contribution in [0.2, 0.25) is 0 Å². The highest BCUT2D eigenvalue weighted by atomic mass is 79.9. The summed E-state index contributed by atoms with van der Waals surface area (Å²) < 4.78 is 7.12. The molecular formula is C14H20BrNO. The van der Waals surface area contributed by atoms with Gasteiger partial charge in [-0.15, -0.1) is 0 Å². The van der Waals surface area contributed by atoms with E-state index in [4.69, 9.17) is 10.5 Å². The predicted molar refractivity (Wildman–Crippen MR) is 75.4 cm³/mol. The van der Waals surface area contributed by atoms with E-state index < -0.39 is 0 Å². The molecule has 1 aliphatic carbocycles. The molecule has 0 unspecified atom stereocenters. The van der Waals surface area contributed by atoms with Gasteiger partial charge >= 0.3 is 0 Å². The number of ether oxygens (including phenoxy) is 1. The van der Waals surface area contributed by atoms with Gasteiger partial charge in [-0.25, -0.2) is 0 Å². The van der Waals surface area contributed by atoms with E-state index in [1.165, 1.54) is 25.7 Å². The second kappa shape index (κ2) is 5.76. The van der Waals surface area contributed by atoms with Crippen molar-refractivity contribution in [2.24, 2.45) is 0 Å². The van der Waals surface area contributed by atoms with E-state index in [1.807, 2.05) is 13.0 Å². The fourth-order valence-electron chi connectivity index (χ4n) is 2.44. The molecule has 0 bridgehead atoms. The molecule has 1 aliphatic rings. The Kier molecular flexibility index (Phi) is 4.32. The van der Waals surface area contributed by atoms with E-state index in [0.29, 0.717) is 6.10 Å². The normalized spacial score (nSPS) is 17.8. The van der Waals surface area contributed by atoms with Crippen LogP contribution in [0.5, 0.6) is 5.75 Å². The van der Waals surface area contributed by atoms with Crippen molar-refractivity contribution in [3.63, 3.8) is 0 Å². The number of hydrogen-bond acceptors (Lipinski definition) is 2. The van der Waals surface area contributed by atoms with Crippen LogP contribution < -0.4 is 10.5 Å². The summed E-state index contributed by atoms with van der Waals surface area (Å²) in [6, 6.07) is 3.97. The van der Waals surface area contributed by atoms with Gasteiger partial charge in [0, 0.05) is 4.47 Å². The Hall–Kier alpha value is -0.700. The molecule has 1 aromatic carbocycles. The molecule has 2 nitrogen and oxygen atoms in total. The van der Waals surface area contributed by atoms with Gasteiger partial charge in [-0.3, -0.25) is 0 Å². The average Bonchev–Trinajstić information content (AvgIpc) is 2.51. The molecule has 2 N–H and O–H groups in total. The lowest BCUT2D eigenvalue weighted by Gasteiger charge is -2.20. The molecule has 94 valence electrons. The van der Waals surface area contributed by atoms with Gasteiger partial charge in [0.05, 0.1) is 11.8 Å². The number of benzene rings is 1. The van der Waals surface area contributed by atoms with Gasteiger partial charge in [0.25, 0.3) is 0 Å². The lowest BCUT2D eigenvalue weighted by Crippen LogP contribution is -2.16. The zero-order valence-corrected chi connectivity index (χ0v) is 11.9. The van der Waals surface area contributed by atoms with Crippen molar-refractivity contribution in [2.75, 3.05) is 5.73 Å². The van der Waals surface area contributed by atoms with Crippen LogP contribution in [0.25, 0.3) is 0 Å². The van der Waals surface area contributed by atoms with Crippen LogP contribution in [0, 0.1) is 6.92 Å². The quantitative estimate of drug-likeness (QED) is 0.647. The van der Waals surface area contributed by atoms with Crippen LogP contribution >= 0.6 is 15.9 Å². The Balaban J connectivity index is 2.11. The van der Waals surface area contributed by atoms with Crippen molar-refractivity contribution in [1.29, 1.82) is 0 Å². The Morgan fingerprint density at radius 3 is 2.41 bits per heavy atom. The fourth-order valence-corrected chi connectivity index (χ4v) is 3.03. The van der Waals surface area contributed by atoms with Crippen molar-refractivity contribution in [3.8, 4) is 5.75 Å². The molecule has 0 aromatic heterocycles. The van der Waals surface area contributed by atoms with E-state index in [2.05, 4.69) is 22.0 Å². The first-order chi connectivity index (χ1) is 8.16. The van der Waals surface area contributed by atoms with E-state index >= 15 is 0 Å². The molecule has 0 radical (unpaired) electrons. The molecule has 1 saturated carbocycles. The number of nitrogen functional groups attached to an aromatic ring is 1. The predicted octanol–water partition coefficient (Wildman–Crippen LogP) is 4.44. The summed E-state index contributed by atoms with van der Waals surface area (Å²) in [7, 11) is 0. The Bertz CT molecular complexity index is 361. The number of halogens is 1. The van der Waals surface area contributed by atoms with Crippen LogP contribution in [-0.2, 0) is 0 Å². The highest BCUT2D eigenvalue weighted by Gasteiger charge is 2.16. The summed E-state index contributed by atoms with van der Waals surface area (Å²) in [4.78, 5) is 0. The molecular weight excluding hydrogens is 278 g/mol. The zero-order chi connectivity index (χ0) is 12.3. The molecule has 0 heterocycles. The molecule has 0 amide bonds. The van der Waals surface area contributed by atoms with Crippen molar-refractivity contribution >= 4 is 21.6 Å². The molecule has 3 heteroatoms. The summed E-state index contributed by atoms with van der Waals surface area (Å²) in [5, 5.41) is 0. The number of nitrogens with two attached hydrogens (primary N) is 1. The third-order valence-corrected chi connectivity index (χ3v) is 3.81. The summed E-state index contributed by atoms with van der Waals surface area (Å²) in [5.41, 5.74) is 7.87. The molecule has 17 heavy (non-hydrogen) atoms. The topological polar surface area (TPSA) is 35.2 Å². The Morgan fingerprint density at radius 1 is 1.18 bits per heavy atom. The minimum Gasteiger partial charge on any atom is -0.488 e. The number of rotatable bonds is 2. The maximum absolute atomic E-state index is 6.11. The van der Waals surface area contributed by atoms with Crippen LogP contribution in [-0.4, -0.2) is 6.10 Å². The monoisotopic (exact) mass is 297 g/mol. The minimum absolute atomic E-state index is 0.347. The highest BCUT2D eigenvalue weighted by Crippen LogP contribution is 2.32. The van der Waals surface area contributed by atoms with Crippen LogP contribution in [0.1, 0.15) is 44.1 Å². The van der Waals surface area contributed by atoms with Gasteiger partial charge < -0.3 is 10.5 Å². The minimum atomic E-state index is 0.347. The van der Waals surface area contributed by atoms with Gasteiger partial charge in [-0.05, 0) is 50.3 Å². The number of anilines is 1. The van der Waals surface area contributed by atoms with Crippen molar-refractivity contribution in [1.82, 2.24) is 0 Å². The SMILES string of the molecule is Cc1cc(Br)cc(N)c1OC1CCCCCC1. The van der Waals surface area contributed by atoms with Crippen molar-refractivity contribution < 1.29 is 4.74 Å². The van der Waals surface area contributed by atoms with Gasteiger partial charge in [0.1, 0.15) is 5.75 Å². The molecule has 0 saturated heterocycles. The second-order valence-electron chi connectivity index (χ2n) is 4.87. The standard InChI is InChI=1S/C14H20BrNO/c1-10-8-11(15)9-13(16)14(10)17-12-6-4-2-3-5-7-12/h8-9,12H,2-7,16H2,1H3. The molecule has 2 rings (SSSR count). The molecule has 0 atom stereocenters. The third-order valence-electron chi connectivity index (χ3n) is 3.35. The second-order valence-corrected chi connectivity index (χ2v) is 5.79. The Labute approximate surface area is 112 Å². The Morgan fingerprint density at radius 2 is 1.82 bits per heavy atom. The van der Waals surface area contributed by atoms with Crippen LogP contribution in [0.3, 0.4) is 0 Å². The zero-order valence-electron chi connectivity index (χ0n) is 10.3. The molecule has 0 spiro atoms. The summed E-state index contributed by atoms with van der Waals surface area (Å²) in [5.74, 6) is 0.875. The maximum Gasteiger partial charge on any atom is 0.145 e. The third kappa shape index (κ3) is 3.38. The molecule has 1 aromatic rings. The van der Waals surface area contributed by atoms with E-state index in [9.17, 15) is 0 Å². The number of hydrogen-bond donors (Lipinski definition) is 1. The fraction of sp³-hybridized carbons (Fsp3) is 0.571. The van der Waals surface area contributed by atoms with Gasteiger partial charge in [0.2, 0.25) is 0 Å². The van der Waals surface area contributed by atoms with E-state index in [1.54, 1.807) is 0 Å². The largest absolute Gasteiger partial charge is 0.488 e. The van der Waals surface area contributed by atoms with Gasteiger partial charge in [0.15, 0.2) is 0 Å². The lowest BCUT2D eigenvalue weighted by atomic mass is 10.1. The molecule has 0 aliphatic heterocycles. The van der Waals surface area contributed by atoms with Crippen LogP contribution in [0.15, 0.2) is 16.6 Å². The van der Waals surface area contributed by atoms with E-state index in [-0.39, 0.29) is 0 Å². The first kappa shape index (κ1) is 12.7. The highest BCUT2D eigenvalue weighted by molar-refractivity contribution is 9.10. The lowest BCUT2D eigenvalue weighted by molar-refractivity contribution is 0.183. The summed E-state index contributed by atoms with van der Waals surface area (Å²) in [6.45, 7) is 2.05. The summed E-state index contributed by atoms with van der Waals surface area (Å²) in [6.07, 6.45) is 7.91. The maximum atomic E-state index is 6.11. The van der Waals surface area contributed by atoms with Gasteiger partial charge in [-0.1, -0.05) is 28.8 Å². The smallest absolute Gasteiger partial charge is 0.145 e. The first-order valence-electron chi connectivity index (χ1n) is 6.39. The van der Waals surface area contributed by atoms with E-state index in [0.717, 1.165) is 34.3 Å². The van der Waals surface area contributed by atoms with Crippen molar-refractivity contribution in [2.45, 2.75) is 51.6 Å². The van der Waals surface area contributed by atoms with Crippen molar-refractivity contribution in [3.05, 3.63) is 22.2 Å². The molecule has 1 fully saturated rings. The van der Waals surface area contributed by atoms with Gasteiger partial charge in [-0.2, -0.15) is 0 Å².